The number of ether oxygens (including phenoxy) is 1. The van der Waals surface area contributed by atoms with Crippen LogP contribution in [0.5, 0.6) is 0 Å². The molecule has 17 heavy (non-hydrogen) atoms. The van der Waals surface area contributed by atoms with Gasteiger partial charge in [0, 0.05) is 7.05 Å². The second-order valence-electron chi connectivity index (χ2n) is 4.73. The second-order valence-corrected chi connectivity index (χ2v) is 4.73. The van der Waals surface area contributed by atoms with Crippen LogP contribution in [-0.2, 0) is 16.6 Å². The summed E-state index contributed by atoms with van der Waals surface area (Å²) in [5, 5.41) is 7.03. The summed E-state index contributed by atoms with van der Waals surface area (Å²) >= 11 is 0. The van der Waals surface area contributed by atoms with E-state index < -0.39 is 0 Å². The average molecular weight is 238 g/mol. The maximum atomic E-state index is 12.1. The van der Waals surface area contributed by atoms with Crippen molar-refractivity contribution in [3.63, 3.8) is 0 Å². The zero-order chi connectivity index (χ0) is 12.5. The normalized spacial score (nSPS) is 19.5. The first-order valence-electron chi connectivity index (χ1n) is 5.79. The SMILES string of the molecule is CCC(NC(=O)C1(C)COC1)c1ncnn1C. The zero-order valence-corrected chi connectivity index (χ0v) is 10.4. The standard InChI is InChI=1S/C11H18N4O2/c1-4-8(9-12-7-13-15(9)3)14-10(16)11(2)5-17-6-11/h7-8H,4-6H2,1-3H3,(H,14,16). The molecule has 1 unspecified atom stereocenters. The van der Waals surface area contributed by atoms with E-state index in [0.29, 0.717) is 13.2 Å². The van der Waals surface area contributed by atoms with E-state index in [9.17, 15) is 4.79 Å². The fourth-order valence-corrected chi connectivity index (χ4v) is 1.84. The Hall–Kier alpha value is -1.43. The Labute approximate surface area is 100 Å². The van der Waals surface area contributed by atoms with Gasteiger partial charge in [-0.2, -0.15) is 5.10 Å². The smallest absolute Gasteiger partial charge is 0.231 e. The number of nitrogens with zero attached hydrogens (tertiary/aromatic N) is 3. The van der Waals surface area contributed by atoms with Crippen molar-refractivity contribution in [2.24, 2.45) is 12.5 Å². The van der Waals surface area contributed by atoms with Gasteiger partial charge >= 0.3 is 0 Å². The molecule has 1 aromatic rings. The molecule has 0 aromatic carbocycles. The van der Waals surface area contributed by atoms with Gasteiger partial charge < -0.3 is 10.1 Å². The van der Waals surface area contributed by atoms with E-state index in [1.54, 1.807) is 4.68 Å². The molecule has 0 radical (unpaired) electrons. The van der Waals surface area contributed by atoms with Crippen LogP contribution >= 0.6 is 0 Å². The molecule has 1 saturated heterocycles. The number of rotatable bonds is 4. The van der Waals surface area contributed by atoms with Gasteiger partial charge in [0.25, 0.3) is 0 Å². The van der Waals surface area contributed by atoms with Gasteiger partial charge in [0.15, 0.2) is 0 Å². The van der Waals surface area contributed by atoms with Crippen molar-refractivity contribution in [1.29, 1.82) is 0 Å². The molecule has 2 rings (SSSR count). The summed E-state index contributed by atoms with van der Waals surface area (Å²) < 4.78 is 6.78. The van der Waals surface area contributed by atoms with Crippen molar-refractivity contribution in [3.8, 4) is 0 Å². The number of nitrogens with one attached hydrogen (secondary N) is 1. The average Bonchev–Trinajstić information content (AvgIpc) is 2.68. The molecule has 0 spiro atoms. The van der Waals surface area contributed by atoms with Gasteiger partial charge in [-0.1, -0.05) is 6.92 Å². The quantitative estimate of drug-likeness (QED) is 0.825. The van der Waals surface area contributed by atoms with Gasteiger partial charge in [-0.25, -0.2) is 4.98 Å². The summed E-state index contributed by atoms with van der Waals surface area (Å²) in [5.41, 5.74) is -0.383. The van der Waals surface area contributed by atoms with Gasteiger partial charge in [-0.05, 0) is 13.3 Å². The number of carbonyl (C=O) groups excluding carboxylic acids is 1. The number of carbonyl (C=O) groups is 1. The highest BCUT2D eigenvalue weighted by Gasteiger charge is 2.41. The van der Waals surface area contributed by atoms with E-state index in [-0.39, 0.29) is 17.4 Å². The molecule has 1 fully saturated rings. The number of amides is 1. The van der Waals surface area contributed by atoms with E-state index in [1.807, 2.05) is 20.9 Å². The van der Waals surface area contributed by atoms with Crippen molar-refractivity contribution >= 4 is 5.91 Å². The molecule has 1 aliphatic heterocycles. The van der Waals surface area contributed by atoms with Gasteiger partial charge in [0.2, 0.25) is 5.91 Å². The van der Waals surface area contributed by atoms with Crippen LogP contribution < -0.4 is 5.32 Å². The lowest BCUT2D eigenvalue weighted by molar-refractivity contribution is -0.158. The van der Waals surface area contributed by atoms with E-state index in [0.717, 1.165) is 12.2 Å². The monoisotopic (exact) mass is 238 g/mol. The topological polar surface area (TPSA) is 69.0 Å². The number of aromatic nitrogens is 3. The van der Waals surface area contributed by atoms with Gasteiger partial charge in [-0.15, -0.1) is 0 Å². The van der Waals surface area contributed by atoms with E-state index in [2.05, 4.69) is 15.4 Å². The summed E-state index contributed by atoms with van der Waals surface area (Å²) in [7, 11) is 1.82. The predicted octanol–water partition coefficient (Wildman–Crippen LogP) is 0.419. The Balaban J connectivity index is 2.06. The third-order valence-electron chi connectivity index (χ3n) is 3.16. The van der Waals surface area contributed by atoms with Crippen molar-refractivity contribution < 1.29 is 9.53 Å². The Morgan fingerprint density at radius 3 is 2.82 bits per heavy atom. The molecule has 94 valence electrons. The lowest BCUT2D eigenvalue weighted by atomic mass is 9.87. The molecular weight excluding hydrogens is 220 g/mol. The Kier molecular flexibility index (Phi) is 3.15. The predicted molar refractivity (Wildman–Crippen MR) is 61.1 cm³/mol. The highest BCUT2D eigenvalue weighted by molar-refractivity contribution is 5.83. The number of hydrogen-bond acceptors (Lipinski definition) is 4. The highest BCUT2D eigenvalue weighted by Crippen LogP contribution is 2.28. The van der Waals surface area contributed by atoms with Gasteiger partial charge in [0.05, 0.1) is 24.7 Å². The minimum Gasteiger partial charge on any atom is -0.379 e. The molecule has 1 atom stereocenters. The number of aryl methyl sites for hydroxylation is 1. The van der Waals surface area contributed by atoms with E-state index >= 15 is 0 Å². The first-order valence-corrected chi connectivity index (χ1v) is 5.79. The van der Waals surface area contributed by atoms with Crippen molar-refractivity contribution in [2.75, 3.05) is 13.2 Å². The minimum absolute atomic E-state index is 0.0265. The molecular formula is C11H18N4O2. The summed E-state index contributed by atoms with van der Waals surface area (Å²) in [5.74, 6) is 0.809. The lowest BCUT2D eigenvalue weighted by Crippen LogP contribution is -2.52. The third-order valence-corrected chi connectivity index (χ3v) is 3.16. The number of hydrogen-bond donors (Lipinski definition) is 1. The van der Waals surface area contributed by atoms with Crippen LogP contribution in [0.15, 0.2) is 6.33 Å². The molecule has 1 aliphatic rings. The molecule has 1 amide bonds. The molecule has 1 N–H and O–H groups in total. The van der Waals surface area contributed by atoms with Gasteiger partial charge in [0.1, 0.15) is 12.2 Å². The Morgan fingerprint density at radius 1 is 1.71 bits per heavy atom. The molecule has 0 saturated carbocycles. The molecule has 6 heteroatoms. The van der Waals surface area contributed by atoms with Crippen molar-refractivity contribution in [3.05, 3.63) is 12.2 Å². The van der Waals surface area contributed by atoms with Crippen molar-refractivity contribution in [1.82, 2.24) is 20.1 Å². The van der Waals surface area contributed by atoms with Crippen LogP contribution in [0.3, 0.4) is 0 Å². The maximum absolute atomic E-state index is 12.1. The highest BCUT2D eigenvalue weighted by atomic mass is 16.5. The first kappa shape index (κ1) is 12.0. The first-order chi connectivity index (χ1) is 8.07. The fourth-order valence-electron chi connectivity index (χ4n) is 1.84. The van der Waals surface area contributed by atoms with Crippen LogP contribution in [0, 0.1) is 5.41 Å². The summed E-state index contributed by atoms with van der Waals surface area (Å²) in [6.45, 7) is 4.91. The summed E-state index contributed by atoms with van der Waals surface area (Å²) in [6.07, 6.45) is 2.29. The van der Waals surface area contributed by atoms with Crippen LogP contribution in [0.2, 0.25) is 0 Å². The van der Waals surface area contributed by atoms with Crippen LogP contribution in [0.4, 0.5) is 0 Å². The van der Waals surface area contributed by atoms with E-state index in [4.69, 9.17) is 4.74 Å². The Morgan fingerprint density at radius 2 is 2.41 bits per heavy atom. The van der Waals surface area contributed by atoms with Crippen molar-refractivity contribution in [2.45, 2.75) is 26.3 Å². The fraction of sp³-hybridized carbons (Fsp3) is 0.727. The molecule has 1 aromatic heterocycles. The Bertz CT molecular complexity index is 411. The molecule has 2 heterocycles. The molecule has 0 aliphatic carbocycles. The van der Waals surface area contributed by atoms with Crippen LogP contribution in [0.1, 0.15) is 32.1 Å². The molecule has 6 nitrogen and oxygen atoms in total. The largest absolute Gasteiger partial charge is 0.379 e. The molecule has 0 bridgehead atoms. The van der Waals surface area contributed by atoms with Crippen LogP contribution in [0.25, 0.3) is 0 Å². The zero-order valence-electron chi connectivity index (χ0n) is 10.4. The second kappa shape index (κ2) is 4.44. The summed E-state index contributed by atoms with van der Waals surface area (Å²) in [6, 6.07) is -0.0903. The van der Waals surface area contributed by atoms with Crippen LogP contribution in [-0.4, -0.2) is 33.9 Å². The third kappa shape index (κ3) is 2.17. The minimum atomic E-state index is -0.383. The van der Waals surface area contributed by atoms with E-state index in [1.165, 1.54) is 6.33 Å². The lowest BCUT2D eigenvalue weighted by Gasteiger charge is -2.37. The van der Waals surface area contributed by atoms with Gasteiger partial charge in [-0.3, -0.25) is 9.48 Å². The summed E-state index contributed by atoms with van der Waals surface area (Å²) in [4.78, 5) is 16.2. The maximum Gasteiger partial charge on any atom is 0.231 e.